The van der Waals surface area contributed by atoms with Crippen LogP contribution >= 0.6 is 0 Å². The number of hydrogen-bond donors (Lipinski definition) is 3. The van der Waals surface area contributed by atoms with Crippen LogP contribution in [0.2, 0.25) is 0 Å². The van der Waals surface area contributed by atoms with Crippen LogP contribution in [0.4, 0.5) is 5.69 Å². The molecule has 0 saturated carbocycles. The van der Waals surface area contributed by atoms with E-state index in [0.717, 1.165) is 38.0 Å². The maximum atomic E-state index is 11.0. The number of anilines is 1. The van der Waals surface area contributed by atoms with Crippen molar-refractivity contribution in [3.8, 4) is 17.2 Å². The van der Waals surface area contributed by atoms with Gasteiger partial charge in [0.1, 0.15) is 0 Å². The van der Waals surface area contributed by atoms with Crippen molar-refractivity contribution in [2.45, 2.75) is 63.1 Å². The van der Waals surface area contributed by atoms with Gasteiger partial charge in [0.15, 0.2) is 11.5 Å². The van der Waals surface area contributed by atoms with Crippen LogP contribution in [0.15, 0.2) is 30.3 Å². The molecule has 6 rings (SSSR count). The number of ether oxygens (including phenoxy) is 2. The highest BCUT2D eigenvalue weighted by molar-refractivity contribution is 5.61. The quantitative estimate of drug-likeness (QED) is 0.581. The Hall–Kier alpha value is -2.44. The molecule has 6 nitrogen and oxygen atoms in total. The molecule has 3 N–H and O–H groups in total. The smallest absolute Gasteiger partial charge is 0.203 e. The van der Waals surface area contributed by atoms with Gasteiger partial charge < -0.3 is 25.2 Å². The number of methoxy groups -OCH3 is 2. The van der Waals surface area contributed by atoms with Gasteiger partial charge in [-0.05, 0) is 67.3 Å². The summed E-state index contributed by atoms with van der Waals surface area (Å²) in [7, 11) is 3.25. The number of phenolic OH excluding ortho intramolecular Hbond substituents is 1. The van der Waals surface area contributed by atoms with Crippen molar-refractivity contribution < 1.29 is 14.6 Å². The van der Waals surface area contributed by atoms with Gasteiger partial charge in [0.05, 0.1) is 14.2 Å². The lowest BCUT2D eigenvalue weighted by atomic mass is 9.71. The van der Waals surface area contributed by atoms with Crippen molar-refractivity contribution in [2.24, 2.45) is 11.8 Å². The van der Waals surface area contributed by atoms with E-state index in [-0.39, 0.29) is 5.75 Å². The molecule has 2 saturated heterocycles. The second-order valence-electron chi connectivity index (χ2n) is 10.9. The molecule has 0 radical (unpaired) electrons. The number of phenols is 1. The fourth-order valence-electron chi connectivity index (χ4n) is 7.63. The van der Waals surface area contributed by atoms with Crippen molar-refractivity contribution >= 4 is 5.69 Å². The second-order valence-corrected chi connectivity index (χ2v) is 10.9. The van der Waals surface area contributed by atoms with Gasteiger partial charge in [-0.3, -0.25) is 4.90 Å². The van der Waals surface area contributed by atoms with E-state index < -0.39 is 0 Å². The largest absolute Gasteiger partial charge is 0.504 e. The summed E-state index contributed by atoms with van der Waals surface area (Å²) in [6, 6.07) is 12.3. The molecule has 6 heteroatoms. The number of nitrogens with zero attached hydrogens (tertiary/aromatic N) is 1. The van der Waals surface area contributed by atoms with Crippen LogP contribution in [-0.2, 0) is 6.42 Å². The van der Waals surface area contributed by atoms with Gasteiger partial charge in [0.25, 0.3) is 0 Å². The van der Waals surface area contributed by atoms with Crippen molar-refractivity contribution in [3.05, 3.63) is 47.0 Å². The first-order chi connectivity index (χ1) is 17.1. The van der Waals surface area contributed by atoms with E-state index in [9.17, 15) is 5.11 Å². The Kier molecular flexibility index (Phi) is 6.05. The molecule has 0 bridgehead atoms. The first kappa shape index (κ1) is 23.0. The monoisotopic (exact) mass is 477 g/mol. The Balaban J connectivity index is 1.27. The molecule has 4 heterocycles. The van der Waals surface area contributed by atoms with Gasteiger partial charge in [0.2, 0.25) is 5.75 Å². The highest BCUT2D eigenvalue weighted by Crippen LogP contribution is 2.51. The zero-order chi connectivity index (χ0) is 24.1. The SMILES string of the molecule is CC[C@H]1CN2CCc3c(cc(OC)c(OC)c3O)[C@@H]2C[C@@H]1C[C@@H]1NCCC2c3ccccc3NC21. The van der Waals surface area contributed by atoms with Crippen LogP contribution in [0.1, 0.15) is 61.3 Å². The van der Waals surface area contributed by atoms with Crippen LogP contribution in [-0.4, -0.2) is 55.9 Å². The molecule has 6 atom stereocenters. The van der Waals surface area contributed by atoms with Crippen LogP contribution in [0.25, 0.3) is 0 Å². The third-order valence-electron chi connectivity index (χ3n) is 9.39. The summed E-state index contributed by atoms with van der Waals surface area (Å²) in [4.78, 5) is 2.65. The predicted octanol–water partition coefficient (Wildman–Crippen LogP) is 4.68. The molecule has 4 aliphatic rings. The van der Waals surface area contributed by atoms with E-state index in [1.807, 2.05) is 0 Å². The first-order valence-electron chi connectivity index (χ1n) is 13.4. The van der Waals surface area contributed by atoms with Crippen molar-refractivity contribution in [3.63, 3.8) is 0 Å². The number of para-hydroxylation sites is 1. The van der Waals surface area contributed by atoms with Crippen molar-refractivity contribution in [2.75, 3.05) is 39.2 Å². The molecular weight excluding hydrogens is 438 g/mol. The van der Waals surface area contributed by atoms with Crippen LogP contribution in [0.3, 0.4) is 0 Å². The van der Waals surface area contributed by atoms with Gasteiger partial charge in [0, 0.05) is 48.4 Å². The Labute approximate surface area is 209 Å². The maximum Gasteiger partial charge on any atom is 0.203 e. The van der Waals surface area contributed by atoms with E-state index >= 15 is 0 Å². The fraction of sp³-hybridized carbons (Fsp3) is 0.586. The Morgan fingerprint density at radius 2 is 1.97 bits per heavy atom. The second kappa shape index (κ2) is 9.21. The summed E-state index contributed by atoms with van der Waals surface area (Å²) in [6.07, 6.45) is 5.60. The fourth-order valence-corrected chi connectivity index (χ4v) is 7.63. The molecule has 0 amide bonds. The average Bonchev–Trinajstić information content (AvgIpc) is 3.28. The van der Waals surface area contributed by atoms with E-state index in [2.05, 4.69) is 52.8 Å². The summed E-state index contributed by atoms with van der Waals surface area (Å²) in [6.45, 7) is 5.58. The molecule has 2 aromatic carbocycles. The summed E-state index contributed by atoms with van der Waals surface area (Å²) in [5, 5.41) is 18.8. The summed E-state index contributed by atoms with van der Waals surface area (Å²) in [5.41, 5.74) is 5.10. The molecule has 2 unspecified atom stereocenters. The van der Waals surface area contributed by atoms with E-state index in [0.29, 0.717) is 47.4 Å². The maximum absolute atomic E-state index is 11.0. The third-order valence-corrected chi connectivity index (χ3v) is 9.39. The molecule has 0 spiro atoms. The Bertz CT molecular complexity index is 1090. The zero-order valence-electron chi connectivity index (χ0n) is 21.2. The lowest BCUT2D eigenvalue weighted by Gasteiger charge is -2.49. The normalized spacial score (nSPS) is 31.5. The van der Waals surface area contributed by atoms with Crippen molar-refractivity contribution in [1.82, 2.24) is 10.2 Å². The summed E-state index contributed by atoms with van der Waals surface area (Å²) in [5.74, 6) is 3.31. The van der Waals surface area contributed by atoms with Gasteiger partial charge in [-0.2, -0.15) is 0 Å². The number of piperidine rings is 2. The summed E-state index contributed by atoms with van der Waals surface area (Å²) < 4.78 is 11.1. The topological polar surface area (TPSA) is 66.0 Å². The molecule has 0 aliphatic carbocycles. The minimum Gasteiger partial charge on any atom is -0.504 e. The van der Waals surface area contributed by atoms with Crippen LogP contribution in [0, 0.1) is 11.8 Å². The average molecular weight is 478 g/mol. The predicted molar refractivity (Wildman–Crippen MR) is 139 cm³/mol. The number of benzene rings is 2. The standard InChI is InChI=1S/C29H39N3O3/c1-4-17-16-32-12-10-21-22(15-26(34-2)29(35-3)28(21)33)25(32)14-18(17)13-24-27-20(9-11-30-24)19-7-5-6-8-23(19)31-27/h5-8,15,17-18,20,24-25,27,30-31,33H,4,9-14,16H2,1-3H3/t17-,18-,20?,24-,25-,27?/m0/s1. The number of aromatic hydroxyl groups is 1. The molecule has 4 aliphatic heterocycles. The number of rotatable bonds is 5. The number of fused-ring (bicyclic) bond motifs is 6. The van der Waals surface area contributed by atoms with E-state index in [4.69, 9.17) is 9.47 Å². The molecule has 2 aromatic rings. The van der Waals surface area contributed by atoms with Crippen molar-refractivity contribution in [1.29, 1.82) is 0 Å². The highest BCUT2D eigenvalue weighted by Gasteiger charge is 2.44. The minimum atomic E-state index is 0.264. The molecule has 35 heavy (non-hydrogen) atoms. The van der Waals surface area contributed by atoms with Crippen LogP contribution in [0.5, 0.6) is 17.2 Å². The summed E-state index contributed by atoms with van der Waals surface area (Å²) >= 11 is 0. The molecule has 0 aromatic heterocycles. The number of hydrogen-bond acceptors (Lipinski definition) is 6. The first-order valence-corrected chi connectivity index (χ1v) is 13.4. The van der Waals surface area contributed by atoms with Gasteiger partial charge in [-0.25, -0.2) is 0 Å². The highest BCUT2D eigenvalue weighted by atomic mass is 16.5. The van der Waals surface area contributed by atoms with Gasteiger partial charge in [-0.1, -0.05) is 31.5 Å². The van der Waals surface area contributed by atoms with Gasteiger partial charge >= 0.3 is 0 Å². The molecule has 2 fully saturated rings. The zero-order valence-corrected chi connectivity index (χ0v) is 21.2. The van der Waals surface area contributed by atoms with Gasteiger partial charge in [-0.15, -0.1) is 0 Å². The van der Waals surface area contributed by atoms with Crippen LogP contribution < -0.4 is 20.1 Å². The Morgan fingerprint density at radius 3 is 2.77 bits per heavy atom. The lowest BCUT2D eigenvalue weighted by Crippen LogP contribution is -2.53. The molecule has 188 valence electrons. The number of nitrogens with one attached hydrogen (secondary N) is 2. The van der Waals surface area contributed by atoms with E-state index in [1.165, 1.54) is 36.1 Å². The Morgan fingerprint density at radius 1 is 1.11 bits per heavy atom. The van der Waals surface area contributed by atoms with E-state index in [1.54, 1.807) is 14.2 Å². The molecular formula is C29H39N3O3. The third kappa shape index (κ3) is 3.77. The lowest BCUT2D eigenvalue weighted by molar-refractivity contribution is 0.0409. The minimum absolute atomic E-state index is 0.264.